The Morgan fingerprint density at radius 1 is 1.19 bits per heavy atom. The second kappa shape index (κ2) is 10.9. The van der Waals surface area contributed by atoms with Gasteiger partial charge >= 0.3 is 0 Å². The van der Waals surface area contributed by atoms with Crippen molar-refractivity contribution in [2.75, 3.05) is 13.1 Å². The summed E-state index contributed by atoms with van der Waals surface area (Å²) < 4.78 is 0.183. The number of benzene rings is 1. The number of aromatic nitrogens is 1. The Labute approximate surface area is 183 Å². The van der Waals surface area contributed by atoms with Gasteiger partial charge in [-0.25, -0.2) is 0 Å². The molecule has 146 valence electrons. The van der Waals surface area contributed by atoms with Crippen molar-refractivity contribution in [3.05, 3.63) is 59.9 Å². The Morgan fingerprint density at radius 2 is 1.93 bits per heavy atom. The molecule has 0 amide bonds. The molecule has 2 aromatic rings. The van der Waals surface area contributed by atoms with Crippen LogP contribution >= 0.6 is 35.7 Å². The normalized spacial score (nSPS) is 16.0. The van der Waals surface area contributed by atoms with Crippen molar-refractivity contribution < 1.29 is 0 Å². The zero-order chi connectivity index (χ0) is 18.2. The summed E-state index contributed by atoms with van der Waals surface area (Å²) in [4.78, 5) is 10.3. The highest BCUT2D eigenvalue weighted by Crippen LogP contribution is 2.45. The third-order valence-corrected chi connectivity index (χ3v) is 6.30. The van der Waals surface area contributed by atoms with E-state index in [1.165, 1.54) is 36.1 Å². The van der Waals surface area contributed by atoms with Crippen molar-refractivity contribution in [2.45, 2.75) is 48.7 Å². The van der Waals surface area contributed by atoms with Gasteiger partial charge in [0, 0.05) is 34.5 Å². The number of pyridine rings is 1. The molecule has 0 radical (unpaired) electrons. The quantitative estimate of drug-likeness (QED) is 0.335. The predicted octanol–water partition coefficient (Wildman–Crippen LogP) is 4.56. The molecule has 3 rings (SSSR count). The minimum absolute atomic E-state index is 0. The molecule has 0 spiro atoms. The molecular formula is C21H29IN4S. The number of thioether (sulfide) groups is 1. The number of nitrogens with one attached hydrogen (secondary N) is 1. The van der Waals surface area contributed by atoms with Crippen LogP contribution in [0.5, 0.6) is 0 Å². The molecule has 4 nitrogen and oxygen atoms in total. The lowest BCUT2D eigenvalue weighted by Crippen LogP contribution is -2.35. The lowest BCUT2D eigenvalue weighted by Gasteiger charge is -2.26. The molecule has 1 aromatic heterocycles. The SMILES string of the molecule is Cc1ccc(SC2(CN=C(N)NCCc3ccccn3)CCCC2)cc1.I. The van der Waals surface area contributed by atoms with E-state index in [1.807, 2.05) is 36.2 Å². The van der Waals surface area contributed by atoms with Gasteiger partial charge in [-0.2, -0.15) is 0 Å². The van der Waals surface area contributed by atoms with Crippen molar-refractivity contribution in [3.8, 4) is 0 Å². The number of nitrogens with two attached hydrogens (primary N) is 1. The number of hydrogen-bond acceptors (Lipinski definition) is 3. The smallest absolute Gasteiger partial charge is 0.188 e. The Morgan fingerprint density at radius 3 is 2.59 bits per heavy atom. The van der Waals surface area contributed by atoms with Gasteiger partial charge in [0.2, 0.25) is 0 Å². The van der Waals surface area contributed by atoms with E-state index < -0.39 is 0 Å². The topological polar surface area (TPSA) is 63.3 Å². The van der Waals surface area contributed by atoms with Gasteiger partial charge in [0.05, 0.1) is 6.54 Å². The molecule has 0 bridgehead atoms. The predicted molar refractivity (Wildman–Crippen MR) is 126 cm³/mol. The molecule has 3 N–H and O–H groups in total. The summed E-state index contributed by atoms with van der Waals surface area (Å²) in [5, 5.41) is 3.22. The van der Waals surface area contributed by atoms with Gasteiger partial charge in [-0.15, -0.1) is 35.7 Å². The fraction of sp³-hybridized carbons (Fsp3) is 0.429. The highest BCUT2D eigenvalue weighted by molar-refractivity contribution is 14.0. The average Bonchev–Trinajstić information content (AvgIpc) is 3.12. The van der Waals surface area contributed by atoms with E-state index in [0.29, 0.717) is 5.96 Å². The summed E-state index contributed by atoms with van der Waals surface area (Å²) in [5.41, 5.74) is 8.46. The van der Waals surface area contributed by atoms with Gasteiger partial charge in [0.25, 0.3) is 0 Å². The molecule has 1 heterocycles. The second-order valence-electron chi connectivity index (χ2n) is 7.00. The van der Waals surface area contributed by atoms with Crippen LogP contribution in [0.25, 0.3) is 0 Å². The fourth-order valence-electron chi connectivity index (χ4n) is 3.32. The monoisotopic (exact) mass is 496 g/mol. The van der Waals surface area contributed by atoms with Crippen LogP contribution in [0, 0.1) is 6.92 Å². The number of hydrogen-bond donors (Lipinski definition) is 2. The molecule has 6 heteroatoms. The summed E-state index contributed by atoms with van der Waals surface area (Å²) in [6, 6.07) is 14.8. The molecule has 0 saturated heterocycles. The fourth-order valence-corrected chi connectivity index (χ4v) is 4.71. The first-order valence-corrected chi connectivity index (χ1v) is 10.2. The van der Waals surface area contributed by atoms with Crippen LogP contribution in [0.4, 0.5) is 0 Å². The first-order valence-electron chi connectivity index (χ1n) is 9.35. The lowest BCUT2D eigenvalue weighted by atomic mass is 10.1. The number of nitrogens with zero attached hydrogens (tertiary/aromatic N) is 2. The Bertz CT molecular complexity index is 713. The largest absolute Gasteiger partial charge is 0.370 e. The maximum Gasteiger partial charge on any atom is 0.188 e. The Hall–Kier alpha value is -1.28. The maximum atomic E-state index is 6.10. The molecule has 1 aliphatic carbocycles. The first kappa shape index (κ1) is 22.0. The van der Waals surface area contributed by atoms with Gasteiger partial charge in [-0.1, -0.05) is 36.6 Å². The number of rotatable bonds is 7. The van der Waals surface area contributed by atoms with Gasteiger partial charge in [0.1, 0.15) is 0 Å². The molecule has 1 aliphatic rings. The minimum Gasteiger partial charge on any atom is -0.370 e. The third-order valence-electron chi connectivity index (χ3n) is 4.82. The third kappa shape index (κ3) is 6.99. The van der Waals surface area contributed by atoms with Gasteiger partial charge in [-0.05, 0) is 44.0 Å². The van der Waals surface area contributed by atoms with Crippen molar-refractivity contribution in [2.24, 2.45) is 10.7 Å². The highest BCUT2D eigenvalue weighted by atomic mass is 127. The maximum absolute atomic E-state index is 6.10. The van der Waals surface area contributed by atoms with Crippen molar-refractivity contribution >= 4 is 41.7 Å². The van der Waals surface area contributed by atoms with Crippen LogP contribution < -0.4 is 11.1 Å². The van der Waals surface area contributed by atoms with Crippen LogP contribution in [-0.4, -0.2) is 28.8 Å². The van der Waals surface area contributed by atoms with Crippen molar-refractivity contribution in [1.29, 1.82) is 0 Å². The van der Waals surface area contributed by atoms with E-state index >= 15 is 0 Å². The Kier molecular flexibility index (Phi) is 8.89. The molecule has 0 unspecified atom stereocenters. The van der Waals surface area contributed by atoms with E-state index in [9.17, 15) is 0 Å². The number of aliphatic imine (C=N–C) groups is 1. The summed E-state index contributed by atoms with van der Waals surface area (Å²) in [7, 11) is 0. The van der Waals surface area contributed by atoms with E-state index in [4.69, 9.17) is 5.73 Å². The van der Waals surface area contributed by atoms with Crippen LogP contribution in [0.2, 0.25) is 0 Å². The molecule has 1 aromatic carbocycles. The van der Waals surface area contributed by atoms with E-state index in [-0.39, 0.29) is 28.7 Å². The molecule has 1 fully saturated rings. The Balaban J connectivity index is 0.00000261. The molecular weight excluding hydrogens is 467 g/mol. The van der Waals surface area contributed by atoms with Crippen LogP contribution in [0.1, 0.15) is 36.9 Å². The van der Waals surface area contributed by atoms with E-state index in [0.717, 1.165) is 25.2 Å². The standard InChI is InChI=1S/C21H28N4S.HI/c1-17-7-9-19(10-8-17)26-21(12-3-4-13-21)16-25-20(22)24-15-11-18-6-2-5-14-23-18;/h2,5-10,14H,3-4,11-13,15-16H2,1H3,(H3,22,24,25);1H. The van der Waals surface area contributed by atoms with Gasteiger partial charge in [0.15, 0.2) is 5.96 Å². The summed E-state index contributed by atoms with van der Waals surface area (Å²) >= 11 is 1.97. The molecule has 27 heavy (non-hydrogen) atoms. The van der Waals surface area contributed by atoms with Crippen LogP contribution in [0.15, 0.2) is 58.5 Å². The molecule has 0 atom stereocenters. The summed E-state index contributed by atoms with van der Waals surface area (Å²) in [6.45, 7) is 3.65. The average molecular weight is 496 g/mol. The summed E-state index contributed by atoms with van der Waals surface area (Å²) in [6.07, 6.45) is 7.63. The lowest BCUT2D eigenvalue weighted by molar-refractivity contribution is 0.617. The van der Waals surface area contributed by atoms with Crippen LogP contribution in [0.3, 0.4) is 0 Å². The summed E-state index contributed by atoms with van der Waals surface area (Å²) in [5.74, 6) is 0.539. The highest BCUT2D eigenvalue weighted by Gasteiger charge is 2.34. The van der Waals surface area contributed by atoms with Crippen molar-refractivity contribution in [3.63, 3.8) is 0 Å². The number of guanidine groups is 1. The zero-order valence-electron chi connectivity index (χ0n) is 15.9. The minimum atomic E-state index is 0. The number of halogens is 1. The van der Waals surface area contributed by atoms with E-state index in [2.05, 4.69) is 46.5 Å². The zero-order valence-corrected chi connectivity index (χ0v) is 19.0. The van der Waals surface area contributed by atoms with E-state index in [1.54, 1.807) is 0 Å². The van der Waals surface area contributed by atoms with Crippen LogP contribution in [-0.2, 0) is 6.42 Å². The van der Waals surface area contributed by atoms with Gasteiger partial charge < -0.3 is 11.1 Å². The van der Waals surface area contributed by atoms with Crippen molar-refractivity contribution in [1.82, 2.24) is 10.3 Å². The first-order chi connectivity index (χ1) is 12.7. The molecule has 0 aliphatic heterocycles. The molecule has 1 saturated carbocycles. The second-order valence-corrected chi connectivity index (χ2v) is 8.55. The van der Waals surface area contributed by atoms with Gasteiger partial charge in [-0.3, -0.25) is 9.98 Å². The number of aryl methyl sites for hydroxylation is 1.